The summed E-state index contributed by atoms with van der Waals surface area (Å²) < 4.78 is 6.11. The first kappa shape index (κ1) is 17.0. The highest BCUT2D eigenvalue weighted by Crippen LogP contribution is 2.28. The summed E-state index contributed by atoms with van der Waals surface area (Å²) >= 11 is 3.35. The molecule has 120 valence electrons. The van der Waals surface area contributed by atoms with Crippen LogP contribution in [0.25, 0.3) is 0 Å². The zero-order chi connectivity index (χ0) is 17.0. The molecule has 0 aromatic heterocycles. The Hall–Kier alpha value is -2.41. The highest BCUT2D eigenvalue weighted by Gasteiger charge is 2.19. The molecule has 0 unspecified atom stereocenters. The molecule has 0 atom stereocenters. The molecule has 2 rings (SSSR count). The maximum atomic E-state index is 12.3. The van der Waals surface area contributed by atoms with Crippen molar-refractivity contribution in [2.75, 3.05) is 11.9 Å². The number of hydrogen-bond acceptors (Lipinski definition) is 4. The SMILES string of the molecule is CCOc1ccc(C(=O)Nc2ccc(Br)cc2C)cc1[N+](=O)[O-]. The van der Waals surface area contributed by atoms with Crippen LogP contribution in [0.15, 0.2) is 40.9 Å². The largest absolute Gasteiger partial charge is 0.487 e. The van der Waals surface area contributed by atoms with E-state index in [0.717, 1.165) is 10.0 Å². The number of ether oxygens (including phenoxy) is 1. The number of aryl methyl sites for hydroxylation is 1. The number of carbonyl (C=O) groups is 1. The van der Waals surface area contributed by atoms with Crippen LogP contribution >= 0.6 is 15.9 Å². The first-order chi connectivity index (χ1) is 10.9. The smallest absolute Gasteiger partial charge is 0.311 e. The van der Waals surface area contributed by atoms with Crippen molar-refractivity contribution >= 4 is 33.2 Å². The van der Waals surface area contributed by atoms with E-state index in [2.05, 4.69) is 21.2 Å². The average Bonchev–Trinajstić information content (AvgIpc) is 2.50. The van der Waals surface area contributed by atoms with Gasteiger partial charge in [0.1, 0.15) is 0 Å². The summed E-state index contributed by atoms with van der Waals surface area (Å²) in [5, 5.41) is 13.9. The predicted molar refractivity (Wildman–Crippen MR) is 91.1 cm³/mol. The zero-order valence-electron chi connectivity index (χ0n) is 12.6. The second-order valence-corrected chi connectivity index (χ2v) is 5.70. The molecule has 6 nitrogen and oxygen atoms in total. The number of nitrogens with zero attached hydrogens (tertiary/aromatic N) is 1. The fourth-order valence-corrected chi connectivity index (χ4v) is 2.52. The molecule has 1 amide bonds. The van der Waals surface area contributed by atoms with Gasteiger partial charge in [-0.3, -0.25) is 14.9 Å². The van der Waals surface area contributed by atoms with Gasteiger partial charge in [-0.2, -0.15) is 0 Å². The Morgan fingerprint density at radius 2 is 2.04 bits per heavy atom. The fourth-order valence-electron chi connectivity index (χ4n) is 2.04. The molecule has 0 heterocycles. The molecule has 0 spiro atoms. The maximum absolute atomic E-state index is 12.3. The Morgan fingerprint density at radius 1 is 1.30 bits per heavy atom. The van der Waals surface area contributed by atoms with Crippen LogP contribution in [0.3, 0.4) is 0 Å². The predicted octanol–water partition coefficient (Wildman–Crippen LogP) is 4.32. The molecule has 7 heteroatoms. The van der Waals surface area contributed by atoms with Gasteiger partial charge in [-0.25, -0.2) is 0 Å². The molecule has 0 saturated carbocycles. The van der Waals surface area contributed by atoms with E-state index in [-0.39, 0.29) is 17.0 Å². The Bertz CT molecular complexity index is 762. The third kappa shape index (κ3) is 4.07. The van der Waals surface area contributed by atoms with Crippen molar-refractivity contribution < 1.29 is 14.5 Å². The summed E-state index contributed by atoms with van der Waals surface area (Å²) in [5.41, 5.74) is 1.50. The van der Waals surface area contributed by atoms with Crippen molar-refractivity contribution in [1.29, 1.82) is 0 Å². The molecule has 2 aromatic carbocycles. The third-order valence-electron chi connectivity index (χ3n) is 3.15. The van der Waals surface area contributed by atoms with Gasteiger partial charge in [-0.15, -0.1) is 0 Å². The van der Waals surface area contributed by atoms with Gasteiger partial charge in [0.15, 0.2) is 5.75 Å². The molecular formula is C16H15BrN2O4. The first-order valence-corrected chi connectivity index (χ1v) is 7.70. The van der Waals surface area contributed by atoms with Crippen molar-refractivity contribution in [3.05, 3.63) is 62.1 Å². The summed E-state index contributed by atoms with van der Waals surface area (Å²) in [5.74, 6) is -0.268. The van der Waals surface area contributed by atoms with E-state index < -0.39 is 10.8 Å². The number of hydrogen-bond donors (Lipinski definition) is 1. The second-order valence-electron chi connectivity index (χ2n) is 4.79. The molecule has 1 N–H and O–H groups in total. The van der Waals surface area contributed by atoms with Crippen LogP contribution in [0.4, 0.5) is 11.4 Å². The lowest BCUT2D eigenvalue weighted by molar-refractivity contribution is -0.385. The minimum absolute atomic E-state index is 0.147. The van der Waals surface area contributed by atoms with Crippen LogP contribution in [0.5, 0.6) is 5.75 Å². The number of nitrogens with one attached hydrogen (secondary N) is 1. The van der Waals surface area contributed by atoms with E-state index in [1.807, 2.05) is 19.1 Å². The molecular weight excluding hydrogens is 364 g/mol. The van der Waals surface area contributed by atoms with E-state index in [0.29, 0.717) is 12.3 Å². The number of nitro benzene ring substituents is 1. The quantitative estimate of drug-likeness (QED) is 0.620. The fraction of sp³-hybridized carbons (Fsp3) is 0.188. The van der Waals surface area contributed by atoms with E-state index in [9.17, 15) is 14.9 Å². The third-order valence-corrected chi connectivity index (χ3v) is 3.65. The average molecular weight is 379 g/mol. The van der Waals surface area contributed by atoms with Gasteiger partial charge in [-0.1, -0.05) is 15.9 Å². The van der Waals surface area contributed by atoms with Gasteiger partial charge in [-0.05, 0) is 49.7 Å². The molecule has 23 heavy (non-hydrogen) atoms. The number of rotatable bonds is 5. The van der Waals surface area contributed by atoms with Gasteiger partial charge in [0, 0.05) is 21.8 Å². The Kier molecular flexibility index (Phi) is 5.33. The van der Waals surface area contributed by atoms with E-state index in [1.165, 1.54) is 18.2 Å². The minimum Gasteiger partial charge on any atom is -0.487 e. The summed E-state index contributed by atoms with van der Waals surface area (Å²) in [6, 6.07) is 9.60. The number of halogens is 1. The van der Waals surface area contributed by atoms with Gasteiger partial charge in [0.05, 0.1) is 11.5 Å². The molecule has 2 aromatic rings. The first-order valence-electron chi connectivity index (χ1n) is 6.91. The molecule has 0 saturated heterocycles. The zero-order valence-corrected chi connectivity index (χ0v) is 14.2. The van der Waals surface area contributed by atoms with E-state index >= 15 is 0 Å². The number of amides is 1. The molecule has 0 aliphatic rings. The summed E-state index contributed by atoms with van der Waals surface area (Å²) in [6.07, 6.45) is 0. The molecule has 0 radical (unpaired) electrons. The minimum atomic E-state index is -0.563. The van der Waals surface area contributed by atoms with Crippen LogP contribution in [-0.4, -0.2) is 17.4 Å². The summed E-state index contributed by atoms with van der Waals surface area (Å²) in [4.78, 5) is 22.9. The van der Waals surface area contributed by atoms with Crippen molar-refractivity contribution in [3.63, 3.8) is 0 Å². The topological polar surface area (TPSA) is 81.5 Å². The maximum Gasteiger partial charge on any atom is 0.311 e. The lowest BCUT2D eigenvalue weighted by Gasteiger charge is -2.10. The van der Waals surface area contributed by atoms with Crippen LogP contribution in [0.2, 0.25) is 0 Å². The van der Waals surface area contributed by atoms with Crippen LogP contribution in [0.1, 0.15) is 22.8 Å². The highest BCUT2D eigenvalue weighted by molar-refractivity contribution is 9.10. The second kappa shape index (κ2) is 7.23. The van der Waals surface area contributed by atoms with E-state index in [4.69, 9.17) is 4.74 Å². The normalized spacial score (nSPS) is 10.2. The van der Waals surface area contributed by atoms with Gasteiger partial charge in [0.25, 0.3) is 5.91 Å². The van der Waals surface area contributed by atoms with Crippen LogP contribution < -0.4 is 10.1 Å². The molecule has 0 fully saturated rings. The summed E-state index contributed by atoms with van der Waals surface area (Å²) in [7, 11) is 0. The van der Waals surface area contributed by atoms with Crippen molar-refractivity contribution in [2.45, 2.75) is 13.8 Å². The molecule has 0 aliphatic heterocycles. The Labute approximate surface area is 141 Å². The molecule has 0 bridgehead atoms. The number of carbonyl (C=O) groups excluding carboxylic acids is 1. The monoisotopic (exact) mass is 378 g/mol. The number of benzene rings is 2. The number of anilines is 1. The standard InChI is InChI=1S/C16H15BrN2O4/c1-3-23-15-7-4-11(9-14(15)19(21)22)16(20)18-13-6-5-12(17)8-10(13)2/h4-9H,3H2,1-2H3,(H,18,20). The summed E-state index contributed by atoms with van der Waals surface area (Å²) in [6.45, 7) is 3.91. The van der Waals surface area contributed by atoms with Gasteiger partial charge < -0.3 is 10.1 Å². The lowest BCUT2D eigenvalue weighted by atomic mass is 10.1. The Balaban J connectivity index is 2.28. The van der Waals surface area contributed by atoms with E-state index in [1.54, 1.807) is 13.0 Å². The Morgan fingerprint density at radius 3 is 2.65 bits per heavy atom. The van der Waals surface area contributed by atoms with Crippen molar-refractivity contribution in [2.24, 2.45) is 0 Å². The number of nitro groups is 1. The van der Waals surface area contributed by atoms with Crippen molar-refractivity contribution in [3.8, 4) is 5.75 Å². The highest BCUT2D eigenvalue weighted by atomic mass is 79.9. The van der Waals surface area contributed by atoms with Gasteiger partial charge in [0.2, 0.25) is 0 Å². The van der Waals surface area contributed by atoms with Crippen LogP contribution in [-0.2, 0) is 0 Å². The molecule has 0 aliphatic carbocycles. The lowest BCUT2D eigenvalue weighted by Crippen LogP contribution is -2.13. The van der Waals surface area contributed by atoms with Crippen LogP contribution in [0, 0.1) is 17.0 Å². The van der Waals surface area contributed by atoms with Gasteiger partial charge >= 0.3 is 5.69 Å². The van der Waals surface area contributed by atoms with Crippen molar-refractivity contribution in [1.82, 2.24) is 0 Å².